The SMILES string of the molecule is C[C@H](Sc1nnc(-c2ccc(Cl)cc2)o1)C(=O)N[C@@H](C)c1ccc(F)cc1. The van der Waals surface area contributed by atoms with E-state index in [9.17, 15) is 9.18 Å². The number of hydrogen-bond acceptors (Lipinski definition) is 5. The molecule has 2 aromatic carbocycles. The second-order valence-electron chi connectivity index (χ2n) is 5.92. The number of carbonyl (C=O) groups excluding carboxylic acids is 1. The smallest absolute Gasteiger partial charge is 0.277 e. The summed E-state index contributed by atoms with van der Waals surface area (Å²) >= 11 is 7.04. The summed E-state index contributed by atoms with van der Waals surface area (Å²) in [6, 6.07) is 12.8. The fourth-order valence-electron chi connectivity index (χ4n) is 2.34. The fraction of sp³-hybridized carbons (Fsp3) is 0.211. The number of aromatic nitrogens is 2. The predicted octanol–water partition coefficient (Wildman–Crippen LogP) is 4.89. The van der Waals surface area contributed by atoms with Gasteiger partial charge in [0.05, 0.1) is 11.3 Å². The van der Waals surface area contributed by atoms with Crippen molar-refractivity contribution in [3.05, 3.63) is 64.9 Å². The number of nitrogens with one attached hydrogen (secondary N) is 1. The number of thioether (sulfide) groups is 1. The topological polar surface area (TPSA) is 68.0 Å². The second-order valence-corrected chi connectivity index (χ2v) is 7.65. The number of nitrogens with zero attached hydrogens (tertiary/aromatic N) is 2. The van der Waals surface area contributed by atoms with Crippen molar-refractivity contribution >= 4 is 29.3 Å². The van der Waals surface area contributed by atoms with Crippen LogP contribution in [0.3, 0.4) is 0 Å². The van der Waals surface area contributed by atoms with E-state index in [4.69, 9.17) is 16.0 Å². The van der Waals surface area contributed by atoms with Crippen LogP contribution in [-0.4, -0.2) is 21.4 Å². The van der Waals surface area contributed by atoms with Crippen LogP contribution in [0.5, 0.6) is 0 Å². The normalized spacial score (nSPS) is 13.2. The number of halogens is 2. The Hall–Kier alpha value is -2.38. The Kier molecular flexibility index (Phi) is 6.13. The summed E-state index contributed by atoms with van der Waals surface area (Å²) in [6.45, 7) is 3.59. The highest BCUT2D eigenvalue weighted by Crippen LogP contribution is 2.27. The van der Waals surface area contributed by atoms with Gasteiger partial charge in [-0.15, -0.1) is 10.2 Å². The van der Waals surface area contributed by atoms with E-state index in [2.05, 4.69) is 15.5 Å². The summed E-state index contributed by atoms with van der Waals surface area (Å²) in [4.78, 5) is 12.4. The first kappa shape index (κ1) is 19.4. The van der Waals surface area contributed by atoms with E-state index in [1.165, 1.54) is 23.9 Å². The van der Waals surface area contributed by atoms with Crippen LogP contribution in [0.15, 0.2) is 58.2 Å². The van der Waals surface area contributed by atoms with E-state index >= 15 is 0 Å². The molecule has 1 heterocycles. The van der Waals surface area contributed by atoms with Gasteiger partial charge in [0, 0.05) is 10.6 Å². The highest BCUT2D eigenvalue weighted by molar-refractivity contribution is 8.00. The molecule has 1 amide bonds. The van der Waals surface area contributed by atoms with Crippen molar-refractivity contribution in [2.45, 2.75) is 30.4 Å². The van der Waals surface area contributed by atoms with Gasteiger partial charge in [0.15, 0.2) is 0 Å². The molecule has 0 aliphatic carbocycles. The third-order valence-electron chi connectivity index (χ3n) is 3.87. The zero-order chi connectivity index (χ0) is 19.4. The van der Waals surface area contributed by atoms with E-state index in [0.717, 1.165) is 11.1 Å². The van der Waals surface area contributed by atoms with E-state index in [-0.39, 0.29) is 17.8 Å². The van der Waals surface area contributed by atoms with Gasteiger partial charge in [-0.2, -0.15) is 0 Å². The Morgan fingerprint density at radius 2 is 1.78 bits per heavy atom. The summed E-state index contributed by atoms with van der Waals surface area (Å²) in [6.07, 6.45) is 0. The first-order chi connectivity index (χ1) is 12.9. The third-order valence-corrected chi connectivity index (χ3v) is 5.06. The highest BCUT2D eigenvalue weighted by atomic mass is 35.5. The zero-order valence-electron chi connectivity index (χ0n) is 14.6. The molecular weight excluding hydrogens is 389 g/mol. The van der Waals surface area contributed by atoms with Crippen molar-refractivity contribution in [2.24, 2.45) is 0 Å². The molecule has 0 unspecified atom stereocenters. The van der Waals surface area contributed by atoms with Gasteiger partial charge in [-0.05, 0) is 55.8 Å². The van der Waals surface area contributed by atoms with Crippen molar-refractivity contribution in [1.82, 2.24) is 15.5 Å². The van der Waals surface area contributed by atoms with Crippen molar-refractivity contribution in [1.29, 1.82) is 0 Å². The molecule has 0 saturated heterocycles. The highest BCUT2D eigenvalue weighted by Gasteiger charge is 2.20. The minimum absolute atomic E-state index is 0.178. The summed E-state index contributed by atoms with van der Waals surface area (Å²) in [5, 5.41) is 11.4. The third kappa shape index (κ3) is 5.08. The molecule has 0 saturated carbocycles. The zero-order valence-corrected chi connectivity index (χ0v) is 16.2. The lowest BCUT2D eigenvalue weighted by Gasteiger charge is -2.16. The first-order valence-corrected chi connectivity index (χ1v) is 9.50. The van der Waals surface area contributed by atoms with Gasteiger partial charge in [0.1, 0.15) is 5.82 Å². The molecule has 2 atom stereocenters. The molecule has 27 heavy (non-hydrogen) atoms. The van der Waals surface area contributed by atoms with Crippen LogP contribution in [0.2, 0.25) is 5.02 Å². The van der Waals surface area contributed by atoms with Crippen LogP contribution < -0.4 is 5.32 Å². The van der Waals surface area contributed by atoms with E-state index in [0.29, 0.717) is 16.1 Å². The molecule has 0 radical (unpaired) electrons. The van der Waals surface area contributed by atoms with Crippen LogP contribution in [0.25, 0.3) is 11.5 Å². The number of hydrogen-bond donors (Lipinski definition) is 1. The average Bonchev–Trinajstić information content (AvgIpc) is 3.11. The van der Waals surface area contributed by atoms with Gasteiger partial charge in [-0.25, -0.2) is 4.39 Å². The molecule has 1 aromatic heterocycles. The van der Waals surface area contributed by atoms with Crippen LogP contribution in [0, 0.1) is 5.82 Å². The summed E-state index contributed by atoms with van der Waals surface area (Å²) in [7, 11) is 0. The Morgan fingerprint density at radius 3 is 2.44 bits per heavy atom. The van der Waals surface area contributed by atoms with Gasteiger partial charge in [-0.1, -0.05) is 35.5 Å². The van der Waals surface area contributed by atoms with Gasteiger partial charge in [0.25, 0.3) is 5.22 Å². The van der Waals surface area contributed by atoms with Crippen molar-refractivity contribution in [3.63, 3.8) is 0 Å². The molecular formula is C19H17ClFN3O2S. The molecule has 0 bridgehead atoms. The van der Waals surface area contributed by atoms with E-state index in [1.807, 2.05) is 6.92 Å². The molecule has 1 N–H and O–H groups in total. The summed E-state index contributed by atoms with van der Waals surface area (Å²) in [5.41, 5.74) is 1.57. The van der Waals surface area contributed by atoms with Crippen molar-refractivity contribution < 1.29 is 13.6 Å². The molecule has 0 aliphatic rings. The lowest BCUT2D eigenvalue weighted by atomic mass is 10.1. The number of amides is 1. The predicted molar refractivity (Wildman–Crippen MR) is 103 cm³/mol. The average molecular weight is 406 g/mol. The molecule has 0 spiro atoms. The molecule has 8 heteroatoms. The van der Waals surface area contributed by atoms with E-state index < -0.39 is 5.25 Å². The lowest BCUT2D eigenvalue weighted by molar-refractivity contribution is -0.120. The quantitative estimate of drug-likeness (QED) is 0.591. The Bertz CT molecular complexity index is 915. The number of benzene rings is 2. The fourth-order valence-corrected chi connectivity index (χ4v) is 3.16. The van der Waals surface area contributed by atoms with E-state index in [1.54, 1.807) is 43.3 Å². The minimum Gasteiger partial charge on any atom is -0.411 e. The molecule has 5 nitrogen and oxygen atoms in total. The van der Waals surface area contributed by atoms with Crippen LogP contribution >= 0.6 is 23.4 Å². The summed E-state index contributed by atoms with van der Waals surface area (Å²) < 4.78 is 18.6. The number of rotatable bonds is 6. The van der Waals surface area contributed by atoms with Gasteiger partial charge in [0.2, 0.25) is 11.8 Å². The monoisotopic (exact) mass is 405 g/mol. The Morgan fingerprint density at radius 1 is 1.11 bits per heavy atom. The lowest BCUT2D eigenvalue weighted by Crippen LogP contribution is -2.33. The second kappa shape index (κ2) is 8.54. The Balaban J connectivity index is 1.59. The van der Waals surface area contributed by atoms with Crippen LogP contribution in [-0.2, 0) is 4.79 Å². The maximum absolute atomic E-state index is 13.0. The van der Waals surface area contributed by atoms with Crippen LogP contribution in [0.1, 0.15) is 25.5 Å². The standard InChI is InChI=1S/C19H17ClFN3O2S/c1-11(13-5-9-16(21)10-6-13)22-17(25)12(2)27-19-24-23-18(26-19)14-3-7-15(20)8-4-14/h3-12H,1-2H3,(H,22,25)/t11-,12-/m0/s1. The van der Waals surface area contributed by atoms with Gasteiger partial charge >= 0.3 is 0 Å². The molecule has 3 rings (SSSR count). The maximum atomic E-state index is 13.0. The molecule has 0 fully saturated rings. The van der Waals surface area contributed by atoms with Crippen molar-refractivity contribution in [3.8, 4) is 11.5 Å². The number of carbonyl (C=O) groups is 1. The van der Waals surface area contributed by atoms with Crippen molar-refractivity contribution in [2.75, 3.05) is 0 Å². The Labute approximate surface area is 165 Å². The molecule has 140 valence electrons. The summed E-state index contributed by atoms with van der Waals surface area (Å²) in [5.74, 6) is -0.126. The van der Waals surface area contributed by atoms with Crippen LogP contribution in [0.4, 0.5) is 4.39 Å². The molecule has 0 aliphatic heterocycles. The minimum atomic E-state index is -0.439. The molecule has 3 aromatic rings. The van der Waals surface area contributed by atoms with Gasteiger partial charge < -0.3 is 9.73 Å². The first-order valence-electron chi connectivity index (χ1n) is 8.24. The van der Waals surface area contributed by atoms with Gasteiger partial charge in [-0.3, -0.25) is 4.79 Å². The largest absolute Gasteiger partial charge is 0.411 e. The maximum Gasteiger partial charge on any atom is 0.277 e.